The quantitative estimate of drug-likeness (QED) is 0.206. The number of carbonyl (C=O) groups is 1. The Balaban J connectivity index is 2.33. The van der Waals surface area contributed by atoms with Crippen molar-refractivity contribution in [3.05, 3.63) is 75.8 Å². The highest BCUT2D eigenvalue weighted by molar-refractivity contribution is 7.78. The first-order valence-electron chi connectivity index (χ1n) is 11.4. The lowest BCUT2D eigenvalue weighted by atomic mass is 9.82. The first-order valence-corrected chi connectivity index (χ1v) is 12.6. The number of benzene rings is 3. The molecule has 6 nitrogen and oxygen atoms in total. The van der Waals surface area contributed by atoms with E-state index in [1.165, 1.54) is 13.8 Å². The lowest BCUT2D eigenvalue weighted by molar-refractivity contribution is -0.194. The second kappa shape index (κ2) is 10.3. The molecule has 186 valence electrons. The predicted octanol–water partition coefficient (Wildman–Crippen LogP) is 5.03. The zero-order chi connectivity index (χ0) is 26.1. The Morgan fingerprint density at radius 3 is 2.17 bits per heavy atom. The van der Waals surface area contributed by atoms with Gasteiger partial charge in [-0.05, 0) is 66.6 Å². The van der Waals surface area contributed by atoms with Gasteiger partial charge in [0.05, 0.1) is 6.42 Å². The molecule has 1 atom stereocenters. The van der Waals surface area contributed by atoms with Gasteiger partial charge in [-0.3, -0.25) is 9.00 Å². The third-order valence-electron chi connectivity index (χ3n) is 6.01. The standard InChI is InChI=1S/C28H33NO5S/c1-16-7-10-20(11-8-16)25-19(4)26(22-12-9-17(2)13-21(22)15-35(32)33)27(29)18(3)23(25)14-24(30)34-28(5,6)31/h7-13,31H,14-15,29H2,1-6H3,(H,32,33)/p-1. The molecule has 0 fully saturated rings. The monoisotopic (exact) mass is 494 g/mol. The molecule has 3 rings (SSSR count). The normalized spacial score (nSPS) is 12.5. The summed E-state index contributed by atoms with van der Waals surface area (Å²) in [6.45, 7) is 10.5. The van der Waals surface area contributed by atoms with Gasteiger partial charge in [-0.15, -0.1) is 0 Å². The third kappa shape index (κ3) is 6.17. The number of aliphatic hydroxyl groups is 1. The van der Waals surface area contributed by atoms with Gasteiger partial charge in [-0.1, -0.05) is 64.7 Å². The van der Waals surface area contributed by atoms with Crippen molar-refractivity contribution in [3.8, 4) is 22.3 Å². The number of anilines is 1. The van der Waals surface area contributed by atoms with Crippen LogP contribution in [0.15, 0.2) is 42.5 Å². The van der Waals surface area contributed by atoms with Crippen LogP contribution in [-0.4, -0.2) is 25.6 Å². The van der Waals surface area contributed by atoms with Crippen LogP contribution in [-0.2, 0) is 32.8 Å². The molecule has 0 saturated heterocycles. The zero-order valence-corrected chi connectivity index (χ0v) is 21.8. The number of carbonyl (C=O) groups excluding carboxylic acids is 1. The molecule has 3 aromatic rings. The molecule has 0 heterocycles. The van der Waals surface area contributed by atoms with E-state index in [4.69, 9.17) is 10.5 Å². The van der Waals surface area contributed by atoms with E-state index in [2.05, 4.69) is 0 Å². The molecule has 0 aliphatic heterocycles. The molecule has 0 saturated carbocycles. The minimum atomic E-state index is -2.27. The van der Waals surface area contributed by atoms with Gasteiger partial charge >= 0.3 is 5.97 Å². The van der Waals surface area contributed by atoms with Crippen LogP contribution >= 0.6 is 0 Å². The van der Waals surface area contributed by atoms with Crippen LogP contribution in [0.4, 0.5) is 5.69 Å². The predicted molar refractivity (Wildman–Crippen MR) is 139 cm³/mol. The van der Waals surface area contributed by atoms with E-state index >= 15 is 0 Å². The third-order valence-corrected chi connectivity index (χ3v) is 6.55. The van der Waals surface area contributed by atoms with Crippen LogP contribution in [0.1, 0.15) is 47.2 Å². The summed E-state index contributed by atoms with van der Waals surface area (Å²) in [4.78, 5) is 12.7. The van der Waals surface area contributed by atoms with Crippen molar-refractivity contribution >= 4 is 22.7 Å². The van der Waals surface area contributed by atoms with Gasteiger partial charge in [0, 0.05) is 30.9 Å². The molecule has 0 spiro atoms. The van der Waals surface area contributed by atoms with Gasteiger partial charge in [0.2, 0.25) is 5.79 Å². The number of hydrogen-bond donors (Lipinski definition) is 2. The number of nitrogens with two attached hydrogens (primary N) is 1. The fourth-order valence-corrected chi connectivity index (χ4v) is 4.93. The Morgan fingerprint density at radius 2 is 1.60 bits per heavy atom. The molecule has 35 heavy (non-hydrogen) atoms. The summed E-state index contributed by atoms with van der Waals surface area (Å²) in [6, 6.07) is 13.7. The van der Waals surface area contributed by atoms with Crippen molar-refractivity contribution < 1.29 is 23.4 Å². The highest BCUT2D eigenvalue weighted by atomic mass is 32.2. The zero-order valence-electron chi connectivity index (χ0n) is 21.0. The fourth-order valence-electron chi connectivity index (χ4n) is 4.44. The number of aryl methyl sites for hydroxylation is 2. The Kier molecular flexibility index (Phi) is 7.84. The van der Waals surface area contributed by atoms with Crippen molar-refractivity contribution in [2.24, 2.45) is 0 Å². The van der Waals surface area contributed by atoms with Gasteiger partial charge in [-0.25, -0.2) is 0 Å². The van der Waals surface area contributed by atoms with Gasteiger partial charge in [0.25, 0.3) is 0 Å². The number of esters is 1. The lowest BCUT2D eigenvalue weighted by Crippen LogP contribution is -2.28. The van der Waals surface area contributed by atoms with Crippen molar-refractivity contribution in [1.29, 1.82) is 0 Å². The molecule has 3 aromatic carbocycles. The Hall–Kier alpha value is -3.00. The fraction of sp³-hybridized carbons (Fsp3) is 0.321. The summed E-state index contributed by atoms with van der Waals surface area (Å²) in [6.07, 6.45) is -0.0737. The summed E-state index contributed by atoms with van der Waals surface area (Å²) in [7, 11) is 0. The SMILES string of the molecule is Cc1ccc(-c2c(C)c(-c3ccc(C)cc3CS(=O)[O-])c(N)c(C)c2CC(=O)OC(C)(C)O)cc1. The summed E-state index contributed by atoms with van der Waals surface area (Å²) < 4.78 is 28.4. The molecule has 0 aliphatic carbocycles. The Labute approximate surface area is 209 Å². The highest BCUT2D eigenvalue weighted by Crippen LogP contribution is 2.43. The average Bonchev–Trinajstić information content (AvgIpc) is 2.73. The van der Waals surface area contributed by atoms with Gasteiger partial charge < -0.3 is 20.1 Å². The summed E-state index contributed by atoms with van der Waals surface area (Å²) >= 11 is -2.27. The molecule has 1 unspecified atom stereocenters. The first kappa shape index (κ1) is 26.6. The van der Waals surface area contributed by atoms with E-state index in [0.29, 0.717) is 22.4 Å². The second-order valence-electron chi connectivity index (χ2n) is 9.46. The second-order valence-corrected chi connectivity index (χ2v) is 10.4. The minimum absolute atomic E-state index is 0.0737. The molecule has 0 amide bonds. The van der Waals surface area contributed by atoms with Crippen molar-refractivity contribution in [1.82, 2.24) is 0 Å². The molecule has 7 heteroatoms. The molecule has 0 bridgehead atoms. The molecular formula is C28H32NO5S-. The van der Waals surface area contributed by atoms with Gasteiger partial charge in [-0.2, -0.15) is 0 Å². The molecule has 0 aliphatic rings. The van der Waals surface area contributed by atoms with Crippen LogP contribution in [0.3, 0.4) is 0 Å². The van der Waals surface area contributed by atoms with E-state index in [1.54, 1.807) is 0 Å². The van der Waals surface area contributed by atoms with E-state index in [1.807, 2.05) is 70.2 Å². The molecule has 0 radical (unpaired) electrons. The maximum atomic E-state index is 12.7. The number of hydrogen-bond acceptors (Lipinski definition) is 6. The maximum Gasteiger partial charge on any atom is 0.312 e. The summed E-state index contributed by atoms with van der Waals surface area (Å²) in [5, 5.41) is 9.96. The number of rotatable bonds is 7. The van der Waals surface area contributed by atoms with Crippen LogP contribution in [0.25, 0.3) is 22.3 Å². The van der Waals surface area contributed by atoms with Crippen LogP contribution in [0, 0.1) is 27.7 Å². The Morgan fingerprint density at radius 1 is 1.00 bits per heavy atom. The first-order chi connectivity index (χ1) is 16.3. The smallest absolute Gasteiger partial charge is 0.312 e. The van der Waals surface area contributed by atoms with Gasteiger partial charge in [0.1, 0.15) is 0 Å². The van der Waals surface area contributed by atoms with E-state index in [9.17, 15) is 18.7 Å². The van der Waals surface area contributed by atoms with Crippen LogP contribution < -0.4 is 5.73 Å². The topological polar surface area (TPSA) is 113 Å². The van der Waals surface area contributed by atoms with Crippen molar-refractivity contribution in [3.63, 3.8) is 0 Å². The van der Waals surface area contributed by atoms with E-state index in [0.717, 1.165) is 38.9 Å². The number of nitrogen functional groups attached to an aromatic ring is 1. The van der Waals surface area contributed by atoms with Crippen LogP contribution in [0.2, 0.25) is 0 Å². The largest absolute Gasteiger partial charge is 0.772 e. The lowest BCUT2D eigenvalue weighted by Gasteiger charge is -2.25. The molecule has 3 N–H and O–H groups in total. The average molecular weight is 495 g/mol. The van der Waals surface area contributed by atoms with Crippen molar-refractivity contribution in [2.75, 3.05) is 5.73 Å². The Bertz CT molecular complexity index is 1290. The molecule has 0 aromatic heterocycles. The maximum absolute atomic E-state index is 12.7. The summed E-state index contributed by atoms with van der Waals surface area (Å²) in [5.74, 6) is -2.30. The van der Waals surface area contributed by atoms with E-state index in [-0.39, 0.29) is 12.2 Å². The molecular weight excluding hydrogens is 462 g/mol. The van der Waals surface area contributed by atoms with E-state index < -0.39 is 22.8 Å². The van der Waals surface area contributed by atoms with Gasteiger partial charge in [0.15, 0.2) is 0 Å². The minimum Gasteiger partial charge on any atom is -0.772 e. The van der Waals surface area contributed by atoms with Crippen LogP contribution in [0.5, 0.6) is 0 Å². The highest BCUT2D eigenvalue weighted by Gasteiger charge is 2.25. The summed E-state index contributed by atoms with van der Waals surface area (Å²) in [5.41, 5.74) is 15.4. The van der Waals surface area contributed by atoms with Crippen molar-refractivity contribution in [2.45, 2.75) is 59.5 Å². The number of ether oxygens (including phenoxy) is 1.